The summed E-state index contributed by atoms with van der Waals surface area (Å²) in [4.78, 5) is 12.8. The molecule has 0 spiro atoms. The van der Waals surface area contributed by atoms with E-state index in [1.165, 1.54) is 23.5 Å². The highest BCUT2D eigenvalue weighted by Gasteiger charge is 2.24. The largest absolute Gasteiger partial charge is 0.491 e. The van der Waals surface area contributed by atoms with Crippen molar-refractivity contribution in [3.05, 3.63) is 102 Å². The van der Waals surface area contributed by atoms with Gasteiger partial charge in [-0.2, -0.15) is 0 Å². The Morgan fingerprint density at radius 2 is 1.23 bits per heavy atom. The van der Waals surface area contributed by atoms with E-state index in [1.807, 2.05) is 32.9 Å². The maximum atomic E-state index is 12.8. The number of hydrogen-bond acceptors (Lipinski definition) is 6. The lowest BCUT2D eigenvalue weighted by Crippen LogP contribution is -2.22. The van der Waals surface area contributed by atoms with Crippen LogP contribution in [0.2, 0.25) is 0 Å². The first-order valence-corrected chi connectivity index (χ1v) is 15.4. The van der Waals surface area contributed by atoms with Gasteiger partial charge in [-0.15, -0.1) is 0 Å². The summed E-state index contributed by atoms with van der Waals surface area (Å²) < 4.78 is 64.5. The van der Waals surface area contributed by atoms with Crippen molar-refractivity contribution < 1.29 is 36.5 Å². The molecule has 0 radical (unpaired) electrons. The molecule has 226 valence electrons. The van der Waals surface area contributed by atoms with Gasteiger partial charge in [-0.05, 0) is 74.9 Å². The number of carbonyl (C=O) groups excluding carboxylic acids is 1. The van der Waals surface area contributed by atoms with Gasteiger partial charge in [-0.3, -0.25) is 9.11 Å². The van der Waals surface area contributed by atoms with E-state index in [2.05, 4.69) is 0 Å². The number of ether oxygens (including phenoxy) is 3. The SMILES string of the molecule is CCCOc1cc(Oc2ccc(N(c3ccc(C)cc3)S(=O)O)c(C(=O)OC)c2)ccc1N(c1ccc(C)cc1)S(=O)O. The van der Waals surface area contributed by atoms with Crippen molar-refractivity contribution in [3.63, 3.8) is 0 Å². The Bertz CT molecular complexity index is 1630. The van der Waals surface area contributed by atoms with Crippen LogP contribution in [0.1, 0.15) is 34.8 Å². The van der Waals surface area contributed by atoms with E-state index in [0.29, 0.717) is 41.6 Å². The molecule has 2 atom stereocenters. The molecule has 0 aliphatic heterocycles. The van der Waals surface area contributed by atoms with E-state index in [1.54, 1.807) is 60.7 Å². The van der Waals surface area contributed by atoms with E-state index in [-0.39, 0.29) is 17.0 Å². The first kappa shape index (κ1) is 31.7. The standard InChI is InChI=1S/C31H32N2O8S2/c1-5-18-40-30-20-26(15-17-29(30)33(43(37)38)24-12-8-22(3)9-13-24)41-25-14-16-28(27(19-25)31(34)39-4)32(42(35)36)23-10-6-21(2)7-11-23/h6-17,19-20H,5,18H2,1-4H3,(H,35,36)(H,37,38). The molecule has 43 heavy (non-hydrogen) atoms. The van der Waals surface area contributed by atoms with Crippen molar-refractivity contribution in [2.75, 3.05) is 22.3 Å². The summed E-state index contributed by atoms with van der Waals surface area (Å²) in [6, 6.07) is 23.4. The number of anilines is 4. The number of esters is 1. The summed E-state index contributed by atoms with van der Waals surface area (Å²) in [5, 5.41) is 0. The first-order chi connectivity index (χ1) is 20.6. The van der Waals surface area contributed by atoms with E-state index in [4.69, 9.17) is 14.2 Å². The molecular weight excluding hydrogens is 592 g/mol. The fraction of sp³-hybridized carbons (Fsp3) is 0.194. The predicted octanol–water partition coefficient (Wildman–Crippen LogP) is 7.22. The summed E-state index contributed by atoms with van der Waals surface area (Å²) in [5.74, 6) is 0.150. The minimum atomic E-state index is -2.50. The fourth-order valence-electron chi connectivity index (χ4n) is 4.21. The molecule has 0 amide bonds. The smallest absolute Gasteiger partial charge is 0.340 e. The molecule has 0 bridgehead atoms. The number of benzene rings is 4. The van der Waals surface area contributed by atoms with Gasteiger partial charge in [0.25, 0.3) is 22.5 Å². The average Bonchev–Trinajstić information content (AvgIpc) is 2.99. The fourth-order valence-corrected chi connectivity index (χ4v) is 5.46. The Morgan fingerprint density at radius 1 is 0.744 bits per heavy atom. The lowest BCUT2D eigenvalue weighted by Gasteiger charge is -2.24. The van der Waals surface area contributed by atoms with Crippen LogP contribution in [0.4, 0.5) is 22.7 Å². The van der Waals surface area contributed by atoms with Gasteiger partial charge >= 0.3 is 5.97 Å². The molecule has 0 saturated heterocycles. The summed E-state index contributed by atoms with van der Waals surface area (Å²) in [5.41, 5.74) is 3.37. The van der Waals surface area contributed by atoms with Crippen LogP contribution in [0, 0.1) is 13.8 Å². The molecule has 0 aliphatic carbocycles. The van der Waals surface area contributed by atoms with Gasteiger partial charge in [-0.1, -0.05) is 42.3 Å². The molecule has 0 saturated carbocycles. The Hall–Kier alpha value is -4.23. The Morgan fingerprint density at radius 3 is 1.72 bits per heavy atom. The Balaban J connectivity index is 1.73. The van der Waals surface area contributed by atoms with Gasteiger partial charge in [-0.25, -0.2) is 21.8 Å². The molecule has 0 fully saturated rings. The normalized spacial score (nSPS) is 12.2. The lowest BCUT2D eigenvalue weighted by molar-refractivity contribution is 0.0601. The topological polar surface area (TPSA) is 126 Å². The molecule has 2 unspecified atom stereocenters. The summed E-state index contributed by atoms with van der Waals surface area (Å²) >= 11 is -4.90. The van der Waals surface area contributed by atoms with Crippen molar-refractivity contribution in [2.45, 2.75) is 27.2 Å². The summed E-state index contributed by atoms with van der Waals surface area (Å²) in [6.07, 6.45) is 0.699. The van der Waals surface area contributed by atoms with E-state index < -0.39 is 28.5 Å². The molecule has 0 heterocycles. The molecule has 4 aromatic carbocycles. The Labute approximate surface area is 255 Å². The van der Waals surface area contributed by atoms with Crippen LogP contribution in [0.15, 0.2) is 84.9 Å². The van der Waals surface area contributed by atoms with Gasteiger partial charge in [0.15, 0.2) is 0 Å². The number of rotatable bonds is 12. The van der Waals surface area contributed by atoms with E-state index >= 15 is 0 Å². The molecular formula is C31H32N2O8S2. The molecule has 10 nitrogen and oxygen atoms in total. The predicted molar refractivity (Wildman–Crippen MR) is 168 cm³/mol. The third kappa shape index (κ3) is 7.59. The zero-order valence-electron chi connectivity index (χ0n) is 24.1. The van der Waals surface area contributed by atoms with Crippen molar-refractivity contribution in [1.29, 1.82) is 0 Å². The molecule has 4 aromatic rings. The zero-order chi connectivity index (χ0) is 31.1. The van der Waals surface area contributed by atoms with Crippen molar-refractivity contribution >= 4 is 51.3 Å². The number of nitrogens with zero attached hydrogens (tertiary/aromatic N) is 2. The second kappa shape index (κ2) is 14.3. The average molecular weight is 625 g/mol. The summed E-state index contributed by atoms with van der Waals surface area (Å²) in [6.45, 7) is 6.11. The van der Waals surface area contributed by atoms with Crippen LogP contribution in [0.3, 0.4) is 0 Å². The maximum Gasteiger partial charge on any atom is 0.340 e. The third-order valence-electron chi connectivity index (χ3n) is 6.29. The molecule has 4 rings (SSSR count). The van der Waals surface area contributed by atoms with Crippen LogP contribution in [0.25, 0.3) is 0 Å². The quantitative estimate of drug-likeness (QED) is 0.125. The van der Waals surface area contributed by atoms with Gasteiger partial charge < -0.3 is 14.2 Å². The number of hydrogen-bond donors (Lipinski definition) is 2. The highest BCUT2D eigenvalue weighted by molar-refractivity contribution is 7.81. The van der Waals surface area contributed by atoms with E-state index in [0.717, 1.165) is 15.4 Å². The van der Waals surface area contributed by atoms with Crippen LogP contribution in [0.5, 0.6) is 17.2 Å². The highest BCUT2D eigenvalue weighted by atomic mass is 32.2. The van der Waals surface area contributed by atoms with Crippen LogP contribution < -0.4 is 18.1 Å². The van der Waals surface area contributed by atoms with Crippen molar-refractivity contribution in [1.82, 2.24) is 0 Å². The van der Waals surface area contributed by atoms with Crippen molar-refractivity contribution in [2.24, 2.45) is 0 Å². The highest BCUT2D eigenvalue weighted by Crippen LogP contribution is 2.40. The molecule has 2 N–H and O–H groups in total. The van der Waals surface area contributed by atoms with Gasteiger partial charge in [0.05, 0.1) is 42.0 Å². The molecule has 0 aliphatic rings. The van der Waals surface area contributed by atoms with E-state index in [9.17, 15) is 22.3 Å². The lowest BCUT2D eigenvalue weighted by atomic mass is 10.1. The zero-order valence-corrected chi connectivity index (χ0v) is 25.7. The van der Waals surface area contributed by atoms with Crippen LogP contribution in [-0.2, 0) is 27.3 Å². The summed E-state index contributed by atoms with van der Waals surface area (Å²) in [7, 11) is 1.22. The first-order valence-electron chi connectivity index (χ1n) is 13.3. The third-order valence-corrected chi connectivity index (χ3v) is 7.73. The minimum absolute atomic E-state index is 0.00303. The number of carbonyl (C=O) groups is 1. The number of methoxy groups -OCH3 is 1. The molecule has 0 aromatic heterocycles. The van der Waals surface area contributed by atoms with Gasteiger partial charge in [0.1, 0.15) is 17.2 Å². The number of aryl methyl sites for hydroxylation is 2. The second-order valence-electron chi connectivity index (χ2n) is 9.47. The minimum Gasteiger partial charge on any atom is -0.491 e. The Kier molecular flexibility index (Phi) is 10.5. The van der Waals surface area contributed by atoms with Crippen LogP contribution >= 0.6 is 0 Å². The van der Waals surface area contributed by atoms with Crippen LogP contribution in [-0.4, -0.2) is 37.2 Å². The van der Waals surface area contributed by atoms with Gasteiger partial charge in [0, 0.05) is 6.07 Å². The van der Waals surface area contributed by atoms with Gasteiger partial charge in [0.2, 0.25) is 0 Å². The maximum absolute atomic E-state index is 12.8. The van der Waals surface area contributed by atoms with Crippen molar-refractivity contribution in [3.8, 4) is 17.2 Å². The molecule has 12 heteroatoms. The second-order valence-corrected chi connectivity index (χ2v) is 11.1. The monoisotopic (exact) mass is 624 g/mol.